The lowest BCUT2D eigenvalue weighted by atomic mass is 9.92. The van der Waals surface area contributed by atoms with Crippen molar-refractivity contribution >= 4 is 17.6 Å². The topological polar surface area (TPSA) is 57.5 Å². The fourth-order valence-corrected chi connectivity index (χ4v) is 2.07. The molecule has 0 radical (unpaired) electrons. The number of aromatic hydroxyl groups is 1. The van der Waals surface area contributed by atoms with Crippen LogP contribution in [0, 0.1) is 6.92 Å². The van der Waals surface area contributed by atoms with Crippen LogP contribution in [-0.4, -0.2) is 16.2 Å². The van der Waals surface area contributed by atoms with Crippen molar-refractivity contribution in [2.24, 2.45) is 0 Å². The van der Waals surface area contributed by atoms with Gasteiger partial charge < -0.3 is 10.2 Å². The van der Waals surface area contributed by atoms with Gasteiger partial charge in [-0.05, 0) is 43.0 Å². The van der Waals surface area contributed by atoms with E-state index in [-0.39, 0.29) is 10.8 Å². The van der Waals surface area contributed by atoms with Crippen LogP contribution in [0.15, 0.2) is 12.1 Å². The van der Waals surface area contributed by atoms with Gasteiger partial charge in [-0.2, -0.15) is 0 Å². The van der Waals surface area contributed by atoms with E-state index in [1.165, 1.54) is 6.07 Å². The van der Waals surface area contributed by atoms with Gasteiger partial charge in [-0.1, -0.05) is 11.6 Å². The number of phenolic OH excluding ortho intramolecular Hbond substituents is 1. The van der Waals surface area contributed by atoms with Crippen LogP contribution in [0.1, 0.15) is 24.0 Å². The molecule has 1 aliphatic rings. The van der Waals surface area contributed by atoms with Gasteiger partial charge in [-0.15, -0.1) is 0 Å². The number of halogens is 1. The summed E-state index contributed by atoms with van der Waals surface area (Å²) in [6.45, 7) is 1.79. The molecule has 0 saturated heterocycles. The molecular formula is C11H11ClO3. The lowest BCUT2D eigenvalue weighted by molar-refractivity contribution is -0.140. The molecule has 1 aromatic rings. The first-order valence-electron chi connectivity index (χ1n) is 4.70. The molecule has 4 heteroatoms. The Hall–Kier alpha value is -1.22. The van der Waals surface area contributed by atoms with Crippen LogP contribution in [-0.2, 0) is 10.2 Å². The zero-order valence-electron chi connectivity index (χ0n) is 8.25. The van der Waals surface area contributed by atoms with Gasteiger partial charge in [0.1, 0.15) is 5.75 Å². The maximum Gasteiger partial charge on any atom is 0.314 e. The number of hydrogen-bond acceptors (Lipinski definition) is 2. The molecule has 15 heavy (non-hydrogen) atoms. The molecule has 1 aromatic carbocycles. The number of carbonyl (C=O) groups is 1. The summed E-state index contributed by atoms with van der Waals surface area (Å²) in [6.07, 6.45) is 1.29. The highest BCUT2D eigenvalue weighted by Gasteiger charge is 2.52. The molecule has 0 atom stereocenters. The van der Waals surface area contributed by atoms with Crippen molar-refractivity contribution in [3.05, 3.63) is 28.3 Å². The quantitative estimate of drug-likeness (QED) is 0.815. The SMILES string of the molecule is Cc1cc(O)c(Cl)cc1C1(C(=O)O)CC1. The largest absolute Gasteiger partial charge is 0.506 e. The average molecular weight is 227 g/mol. The molecule has 1 saturated carbocycles. The maximum atomic E-state index is 11.1. The van der Waals surface area contributed by atoms with Crippen molar-refractivity contribution in [3.8, 4) is 5.75 Å². The summed E-state index contributed by atoms with van der Waals surface area (Å²) in [5.74, 6) is -0.813. The molecule has 0 unspecified atom stereocenters. The molecule has 1 fully saturated rings. The summed E-state index contributed by atoms with van der Waals surface area (Å²) in [4.78, 5) is 11.1. The maximum absolute atomic E-state index is 11.1. The molecule has 80 valence electrons. The van der Waals surface area contributed by atoms with Crippen LogP contribution in [0.3, 0.4) is 0 Å². The zero-order valence-corrected chi connectivity index (χ0v) is 9.01. The number of rotatable bonds is 2. The summed E-state index contributed by atoms with van der Waals surface area (Å²) in [5, 5.41) is 18.7. The zero-order chi connectivity index (χ0) is 11.2. The summed E-state index contributed by atoms with van der Waals surface area (Å²) >= 11 is 5.78. The lowest BCUT2D eigenvalue weighted by Gasteiger charge is -2.14. The van der Waals surface area contributed by atoms with Gasteiger partial charge in [0, 0.05) is 0 Å². The van der Waals surface area contributed by atoms with Gasteiger partial charge in [0.05, 0.1) is 10.4 Å². The van der Waals surface area contributed by atoms with Crippen LogP contribution >= 0.6 is 11.6 Å². The first kappa shape index (κ1) is 10.3. The van der Waals surface area contributed by atoms with Crippen molar-refractivity contribution in [1.29, 1.82) is 0 Å². The number of aliphatic carboxylic acids is 1. The van der Waals surface area contributed by atoms with Crippen molar-refractivity contribution in [2.75, 3.05) is 0 Å². The molecule has 3 nitrogen and oxygen atoms in total. The third-order valence-electron chi connectivity index (χ3n) is 2.97. The molecule has 0 aliphatic heterocycles. The summed E-state index contributed by atoms with van der Waals surface area (Å²) in [7, 11) is 0. The van der Waals surface area contributed by atoms with Crippen LogP contribution in [0.4, 0.5) is 0 Å². The van der Waals surface area contributed by atoms with Crippen molar-refractivity contribution in [3.63, 3.8) is 0 Å². The fraction of sp³-hybridized carbons (Fsp3) is 0.364. The Morgan fingerprint density at radius 1 is 1.47 bits per heavy atom. The highest BCUT2D eigenvalue weighted by molar-refractivity contribution is 6.32. The Bertz CT molecular complexity index is 436. The molecule has 0 aromatic heterocycles. The van der Waals surface area contributed by atoms with Gasteiger partial charge in [0.2, 0.25) is 0 Å². The third-order valence-corrected chi connectivity index (χ3v) is 3.27. The summed E-state index contributed by atoms with van der Waals surface area (Å²) in [5.41, 5.74) is 0.733. The van der Waals surface area contributed by atoms with Crippen molar-refractivity contribution in [2.45, 2.75) is 25.2 Å². The second-order valence-corrected chi connectivity index (χ2v) is 4.41. The highest BCUT2D eigenvalue weighted by Crippen LogP contribution is 2.50. The van der Waals surface area contributed by atoms with Crippen molar-refractivity contribution in [1.82, 2.24) is 0 Å². The van der Waals surface area contributed by atoms with E-state index in [4.69, 9.17) is 16.7 Å². The fourth-order valence-electron chi connectivity index (χ4n) is 1.91. The van der Waals surface area contributed by atoms with Crippen LogP contribution in [0.25, 0.3) is 0 Å². The van der Waals surface area contributed by atoms with Gasteiger partial charge >= 0.3 is 5.97 Å². The summed E-state index contributed by atoms with van der Waals surface area (Å²) < 4.78 is 0. The lowest BCUT2D eigenvalue weighted by Crippen LogP contribution is -2.20. The van der Waals surface area contributed by atoms with E-state index < -0.39 is 11.4 Å². The van der Waals surface area contributed by atoms with Gasteiger partial charge in [0.15, 0.2) is 0 Å². The van der Waals surface area contributed by atoms with E-state index in [1.54, 1.807) is 13.0 Å². The number of benzene rings is 1. The second kappa shape index (κ2) is 3.14. The standard InChI is InChI=1S/C11H11ClO3/c1-6-4-9(13)8(12)5-7(6)11(2-3-11)10(14)15/h4-5,13H,2-3H2,1H3,(H,14,15). The first-order chi connectivity index (χ1) is 6.97. The molecule has 2 N–H and O–H groups in total. The normalized spacial score (nSPS) is 17.5. The Morgan fingerprint density at radius 3 is 2.53 bits per heavy atom. The van der Waals surface area contributed by atoms with Crippen LogP contribution in [0.2, 0.25) is 5.02 Å². The van der Waals surface area contributed by atoms with Gasteiger partial charge in [-0.3, -0.25) is 4.79 Å². The highest BCUT2D eigenvalue weighted by atomic mass is 35.5. The van der Waals surface area contributed by atoms with Crippen LogP contribution < -0.4 is 0 Å². The van der Waals surface area contributed by atoms with E-state index >= 15 is 0 Å². The Kier molecular flexibility index (Phi) is 2.15. The number of carboxylic acid groups (broad SMARTS) is 1. The van der Waals surface area contributed by atoms with Crippen LogP contribution in [0.5, 0.6) is 5.75 Å². The predicted octanol–water partition coefficient (Wildman–Crippen LogP) is 2.47. The summed E-state index contributed by atoms with van der Waals surface area (Å²) in [6, 6.07) is 3.08. The van der Waals surface area contributed by atoms with Gasteiger partial charge in [-0.25, -0.2) is 0 Å². The minimum absolute atomic E-state index is 0.000828. The molecule has 1 aliphatic carbocycles. The van der Waals surface area contributed by atoms with Gasteiger partial charge in [0.25, 0.3) is 0 Å². The number of carboxylic acids is 1. The monoisotopic (exact) mass is 226 g/mol. The molecular weight excluding hydrogens is 216 g/mol. The minimum Gasteiger partial charge on any atom is -0.506 e. The molecule has 0 heterocycles. The Labute approximate surface area is 92.3 Å². The minimum atomic E-state index is -0.813. The molecule has 2 rings (SSSR count). The number of aryl methyl sites for hydroxylation is 1. The molecule has 0 spiro atoms. The Balaban J connectivity index is 2.54. The Morgan fingerprint density at radius 2 is 2.07 bits per heavy atom. The van der Waals surface area contributed by atoms with E-state index in [0.717, 1.165) is 11.1 Å². The van der Waals surface area contributed by atoms with E-state index in [9.17, 15) is 9.90 Å². The third kappa shape index (κ3) is 1.47. The average Bonchev–Trinajstić information content (AvgIpc) is 2.92. The smallest absolute Gasteiger partial charge is 0.314 e. The first-order valence-corrected chi connectivity index (χ1v) is 5.08. The second-order valence-electron chi connectivity index (χ2n) is 4.01. The van der Waals surface area contributed by atoms with E-state index in [0.29, 0.717) is 12.8 Å². The number of phenols is 1. The van der Waals surface area contributed by atoms with E-state index in [1.807, 2.05) is 0 Å². The number of hydrogen-bond donors (Lipinski definition) is 2. The molecule has 0 amide bonds. The predicted molar refractivity (Wildman–Crippen MR) is 56.4 cm³/mol. The molecule has 0 bridgehead atoms. The van der Waals surface area contributed by atoms with E-state index in [2.05, 4.69) is 0 Å². The van der Waals surface area contributed by atoms with Crippen molar-refractivity contribution < 1.29 is 15.0 Å².